The molecule has 0 bridgehead atoms. The van der Waals surface area contributed by atoms with Gasteiger partial charge in [-0.15, -0.1) is 0 Å². The molecule has 0 radical (unpaired) electrons. The highest BCUT2D eigenvalue weighted by molar-refractivity contribution is 9.10. The molecule has 0 aromatic carbocycles. The maximum Gasteiger partial charge on any atom is 0.0817 e. The van der Waals surface area contributed by atoms with E-state index in [0.29, 0.717) is 0 Å². The van der Waals surface area contributed by atoms with Crippen molar-refractivity contribution in [1.82, 2.24) is 9.78 Å². The Morgan fingerprint density at radius 1 is 1.62 bits per heavy atom. The molecule has 0 unspecified atom stereocenters. The summed E-state index contributed by atoms with van der Waals surface area (Å²) in [6, 6.07) is 0. The highest BCUT2D eigenvalue weighted by Gasteiger charge is 2.18. The standard InChI is InChI=1S/C9H15BrN2O/c1-7-8(10)5-11-12(7)6-9(2,3)13-4/h5H,6H2,1-4H3. The Morgan fingerprint density at radius 3 is 2.62 bits per heavy atom. The van der Waals surface area contributed by atoms with Crippen LogP contribution in [0.3, 0.4) is 0 Å². The van der Waals surface area contributed by atoms with Gasteiger partial charge in [-0.05, 0) is 36.7 Å². The van der Waals surface area contributed by atoms with Crippen molar-refractivity contribution in [3.05, 3.63) is 16.4 Å². The van der Waals surface area contributed by atoms with Gasteiger partial charge in [0, 0.05) is 12.8 Å². The van der Waals surface area contributed by atoms with Crippen molar-refractivity contribution >= 4 is 15.9 Å². The minimum atomic E-state index is -0.170. The first-order valence-corrected chi connectivity index (χ1v) is 4.98. The molecule has 0 N–H and O–H groups in total. The van der Waals surface area contributed by atoms with E-state index < -0.39 is 0 Å². The molecule has 0 spiro atoms. The Morgan fingerprint density at radius 2 is 2.23 bits per heavy atom. The van der Waals surface area contributed by atoms with Crippen LogP contribution in [-0.4, -0.2) is 22.5 Å². The highest BCUT2D eigenvalue weighted by Crippen LogP contribution is 2.18. The molecule has 1 rings (SSSR count). The van der Waals surface area contributed by atoms with Gasteiger partial charge in [0.15, 0.2) is 0 Å². The molecule has 74 valence electrons. The van der Waals surface area contributed by atoms with Crippen LogP contribution < -0.4 is 0 Å². The van der Waals surface area contributed by atoms with Gasteiger partial charge in [-0.25, -0.2) is 0 Å². The lowest BCUT2D eigenvalue weighted by molar-refractivity contribution is 0.00493. The molecule has 0 aliphatic carbocycles. The summed E-state index contributed by atoms with van der Waals surface area (Å²) in [5.74, 6) is 0. The molecule has 3 nitrogen and oxygen atoms in total. The molecule has 0 amide bonds. The monoisotopic (exact) mass is 246 g/mol. The summed E-state index contributed by atoms with van der Waals surface area (Å²) in [5.41, 5.74) is 0.959. The molecule has 4 heteroatoms. The van der Waals surface area contributed by atoms with Crippen molar-refractivity contribution in [3.8, 4) is 0 Å². The lowest BCUT2D eigenvalue weighted by atomic mass is 10.1. The van der Waals surface area contributed by atoms with E-state index in [-0.39, 0.29) is 5.60 Å². The lowest BCUT2D eigenvalue weighted by Gasteiger charge is -2.23. The Labute approximate surface area is 87.2 Å². The van der Waals surface area contributed by atoms with E-state index in [1.165, 1.54) is 0 Å². The molecule has 1 aromatic rings. The van der Waals surface area contributed by atoms with E-state index in [9.17, 15) is 0 Å². The molecule has 0 aliphatic rings. The number of nitrogens with zero attached hydrogens (tertiary/aromatic N) is 2. The fourth-order valence-corrected chi connectivity index (χ4v) is 1.30. The summed E-state index contributed by atoms with van der Waals surface area (Å²) < 4.78 is 8.31. The van der Waals surface area contributed by atoms with Gasteiger partial charge in [0.05, 0.1) is 22.8 Å². The number of rotatable bonds is 3. The zero-order valence-corrected chi connectivity index (χ0v) is 10.1. The number of hydrogen-bond acceptors (Lipinski definition) is 2. The van der Waals surface area contributed by atoms with Gasteiger partial charge < -0.3 is 4.74 Å². The average Bonchev–Trinajstić information content (AvgIpc) is 2.36. The fraction of sp³-hybridized carbons (Fsp3) is 0.667. The van der Waals surface area contributed by atoms with Crippen molar-refractivity contribution in [2.75, 3.05) is 7.11 Å². The predicted molar refractivity (Wildman–Crippen MR) is 55.8 cm³/mol. The van der Waals surface area contributed by atoms with Gasteiger partial charge >= 0.3 is 0 Å². The van der Waals surface area contributed by atoms with Crippen LogP contribution in [0.15, 0.2) is 10.7 Å². The first-order chi connectivity index (χ1) is 5.96. The maximum atomic E-state index is 5.33. The van der Waals surface area contributed by atoms with Crippen LogP contribution in [0.1, 0.15) is 19.5 Å². The Bertz CT molecular complexity index is 294. The predicted octanol–water partition coefficient (Wildman–Crippen LogP) is 2.38. The average molecular weight is 247 g/mol. The van der Waals surface area contributed by atoms with Crippen LogP contribution in [0.25, 0.3) is 0 Å². The van der Waals surface area contributed by atoms with Crippen molar-refractivity contribution in [2.24, 2.45) is 0 Å². The molecule has 0 saturated carbocycles. The van der Waals surface area contributed by atoms with Gasteiger partial charge in [-0.1, -0.05) is 0 Å². The van der Waals surface area contributed by atoms with E-state index >= 15 is 0 Å². The number of aromatic nitrogens is 2. The van der Waals surface area contributed by atoms with Crippen LogP contribution >= 0.6 is 15.9 Å². The molecular weight excluding hydrogens is 232 g/mol. The van der Waals surface area contributed by atoms with Crippen molar-refractivity contribution < 1.29 is 4.74 Å². The van der Waals surface area contributed by atoms with Crippen LogP contribution in [0, 0.1) is 6.92 Å². The summed E-state index contributed by atoms with van der Waals surface area (Å²) in [4.78, 5) is 0. The molecule has 1 aromatic heterocycles. The van der Waals surface area contributed by atoms with Crippen molar-refractivity contribution in [1.29, 1.82) is 0 Å². The van der Waals surface area contributed by atoms with Crippen molar-refractivity contribution in [2.45, 2.75) is 32.9 Å². The molecule has 1 heterocycles. The Balaban J connectivity index is 2.80. The zero-order valence-electron chi connectivity index (χ0n) is 8.47. The van der Waals surface area contributed by atoms with Gasteiger partial charge in [0.25, 0.3) is 0 Å². The lowest BCUT2D eigenvalue weighted by Crippen LogP contribution is -2.30. The van der Waals surface area contributed by atoms with E-state index in [0.717, 1.165) is 16.7 Å². The molecule has 13 heavy (non-hydrogen) atoms. The number of hydrogen-bond donors (Lipinski definition) is 0. The molecule has 0 atom stereocenters. The van der Waals surface area contributed by atoms with Crippen molar-refractivity contribution in [3.63, 3.8) is 0 Å². The molecule has 0 fully saturated rings. The maximum absolute atomic E-state index is 5.33. The second-order valence-corrected chi connectivity index (χ2v) is 4.55. The second-order valence-electron chi connectivity index (χ2n) is 3.70. The highest BCUT2D eigenvalue weighted by atomic mass is 79.9. The van der Waals surface area contributed by atoms with E-state index in [1.807, 2.05) is 25.5 Å². The number of halogens is 1. The van der Waals surface area contributed by atoms with E-state index in [2.05, 4.69) is 21.0 Å². The SMILES string of the molecule is COC(C)(C)Cn1ncc(Br)c1C. The molecular formula is C9H15BrN2O. The Hall–Kier alpha value is -0.350. The van der Waals surface area contributed by atoms with E-state index in [1.54, 1.807) is 13.3 Å². The van der Waals surface area contributed by atoms with Gasteiger partial charge in [-0.3, -0.25) is 4.68 Å². The van der Waals surface area contributed by atoms with Gasteiger partial charge in [0.2, 0.25) is 0 Å². The van der Waals surface area contributed by atoms with Crippen LogP contribution in [-0.2, 0) is 11.3 Å². The molecule has 0 saturated heterocycles. The summed E-state index contributed by atoms with van der Waals surface area (Å²) >= 11 is 3.42. The van der Waals surface area contributed by atoms with Crippen LogP contribution in [0.2, 0.25) is 0 Å². The summed E-state index contributed by atoms with van der Waals surface area (Å²) in [7, 11) is 1.72. The Kier molecular flexibility index (Phi) is 3.14. The molecule has 0 aliphatic heterocycles. The topological polar surface area (TPSA) is 27.1 Å². The normalized spacial score (nSPS) is 12.1. The summed E-state index contributed by atoms with van der Waals surface area (Å²) in [5, 5.41) is 4.24. The van der Waals surface area contributed by atoms with Gasteiger partial charge in [0.1, 0.15) is 0 Å². The number of ether oxygens (including phenoxy) is 1. The fourth-order valence-electron chi connectivity index (χ4n) is 1.01. The largest absolute Gasteiger partial charge is 0.377 e. The minimum absolute atomic E-state index is 0.170. The van der Waals surface area contributed by atoms with Crippen LogP contribution in [0.5, 0.6) is 0 Å². The third-order valence-electron chi connectivity index (χ3n) is 2.13. The zero-order chi connectivity index (χ0) is 10.1. The first-order valence-electron chi connectivity index (χ1n) is 4.19. The minimum Gasteiger partial charge on any atom is -0.377 e. The third-order valence-corrected chi connectivity index (χ3v) is 2.90. The van der Waals surface area contributed by atoms with Gasteiger partial charge in [-0.2, -0.15) is 5.10 Å². The van der Waals surface area contributed by atoms with E-state index in [4.69, 9.17) is 4.74 Å². The quantitative estimate of drug-likeness (QED) is 0.819. The summed E-state index contributed by atoms with van der Waals surface area (Å²) in [6.45, 7) is 6.88. The first kappa shape index (κ1) is 10.7. The van der Waals surface area contributed by atoms with Crippen LogP contribution in [0.4, 0.5) is 0 Å². The third kappa shape index (κ3) is 2.54. The number of methoxy groups -OCH3 is 1. The summed E-state index contributed by atoms with van der Waals surface area (Å²) in [6.07, 6.45) is 1.81. The smallest absolute Gasteiger partial charge is 0.0817 e. The second kappa shape index (κ2) is 3.80.